The Hall–Kier alpha value is -0.380. The summed E-state index contributed by atoms with van der Waals surface area (Å²) in [6.45, 7) is 1.03. The van der Waals surface area contributed by atoms with Crippen LogP contribution in [-0.2, 0) is 13.0 Å². The molecular formula is C15H18Cl2N2S. The fourth-order valence-corrected chi connectivity index (χ4v) is 4.18. The van der Waals surface area contributed by atoms with Crippen molar-refractivity contribution in [3.05, 3.63) is 29.0 Å². The molecular weight excluding hydrogens is 311 g/mol. The van der Waals surface area contributed by atoms with E-state index in [4.69, 9.17) is 28.2 Å². The van der Waals surface area contributed by atoms with Crippen LogP contribution in [0.25, 0.3) is 11.0 Å². The lowest BCUT2D eigenvalue weighted by Crippen LogP contribution is -2.38. The first kappa shape index (κ1) is 14.6. The number of aromatic nitrogens is 2. The molecule has 0 unspecified atom stereocenters. The smallest absolute Gasteiger partial charge is 0.111 e. The molecule has 20 heavy (non-hydrogen) atoms. The molecule has 1 aliphatic rings. The Morgan fingerprint density at radius 1 is 1.40 bits per heavy atom. The minimum Gasteiger partial charge on any atom is -0.327 e. The summed E-state index contributed by atoms with van der Waals surface area (Å²) in [5, 5.41) is 0.739. The molecule has 1 aliphatic carbocycles. The van der Waals surface area contributed by atoms with Crippen LogP contribution < -0.4 is 0 Å². The van der Waals surface area contributed by atoms with Gasteiger partial charge < -0.3 is 4.57 Å². The van der Waals surface area contributed by atoms with E-state index < -0.39 is 0 Å². The molecule has 0 atom stereocenters. The lowest BCUT2D eigenvalue weighted by molar-refractivity contribution is 0.322. The third-order valence-corrected chi connectivity index (χ3v) is 6.08. The predicted octanol–water partition coefficient (Wildman–Crippen LogP) is 4.76. The molecule has 1 fully saturated rings. The van der Waals surface area contributed by atoms with E-state index in [0.717, 1.165) is 29.3 Å². The second-order valence-corrected chi connectivity index (χ2v) is 7.52. The lowest BCUT2D eigenvalue weighted by Gasteiger charge is -2.41. The minimum atomic E-state index is 0.383. The van der Waals surface area contributed by atoms with E-state index in [9.17, 15) is 0 Å². The zero-order valence-electron chi connectivity index (χ0n) is 11.5. The van der Waals surface area contributed by atoms with Gasteiger partial charge in [-0.05, 0) is 37.3 Å². The number of fused-ring (bicyclic) bond motifs is 1. The fourth-order valence-electron chi connectivity index (χ4n) is 2.89. The Balaban J connectivity index is 2.04. The molecule has 0 N–H and O–H groups in total. The maximum Gasteiger partial charge on any atom is 0.111 e. The largest absolute Gasteiger partial charge is 0.327 e. The second kappa shape index (κ2) is 5.78. The van der Waals surface area contributed by atoms with E-state index in [-0.39, 0.29) is 0 Å². The Bertz CT molecular complexity index is 614. The third-order valence-electron chi connectivity index (χ3n) is 4.25. The normalized spacial score (nSPS) is 17.4. The minimum absolute atomic E-state index is 0.383. The molecule has 2 nitrogen and oxygen atoms in total. The van der Waals surface area contributed by atoms with Gasteiger partial charge in [0.2, 0.25) is 0 Å². The quantitative estimate of drug-likeness (QED) is 0.736. The molecule has 0 bridgehead atoms. The Kier molecular flexibility index (Phi) is 4.21. The topological polar surface area (TPSA) is 17.8 Å². The first-order chi connectivity index (χ1) is 9.67. The number of aryl methyl sites for hydroxylation is 1. The van der Waals surface area contributed by atoms with Gasteiger partial charge in [0.15, 0.2) is 0 Å². The summed E-state index contributed by atoms with van der Waals surface area (Å²) < 4.78 is 2.73. The monoisotopic (exact) mass is 328 g/mol. The van der Waals surface area contributed by atoms with Gasteiger partial charge in [-0.25, -0.2) is 4.98 Å². The summed E-state index contributed by atoms with van der Waals surface area (Å²) in [5.41, 5.74) is 2.16. The number of alkyl halides is 1. The summed E-state index contributed by atoms with van der Waals surface area (Å²) in [6, 6.07) is 5.96. The number of nitrogens with zero attached hydrogens (tertiary/aromatic N) is 2. The summed E-state index contributed by atoms with van der Waals surface area (Å²) in [6.07, 6.45) is 6.95. The standard InChI is InChI=1S/C15H18Cl2N2S/c1-20-15(6-2-7-15)10-19-13-4-3-11(17)9-12(13)18-14(19)5-8-16/h3-4,9H,2,5-8,10H2,1H3. The average Bonchev–Trinajstić information content (AvgIpc) is 2.71. The highest BCUT2D eigenvalue weighted by Gasteiger charge is 2.37. The van der Waals surface area contributed by atoms with E-state index in [0.29, 0.717) is 10.6 Å². The molecule has 0 amide bonds. The van der Waals surface area contributed by atoms with Crippen LogP contribution in [0.15, 0.2) is 18.2 Å². The molecule has 5 heteroatoms. The van der Waals surface area contributed by atoms with Gasteiger partial charge in [-0.1, -0.05) is 18.0 Å². The van der Waals surface area contributed by atoms with Gasteiger partial charge >= 0.3 is 0 Å². The van der Waals surface area contributed by atoms with Crippen molar-refractivity contribution >= 4 is 46.0 Å². The molecule has 1 aromatic carbocycles. The van der Waals surface area contributed by atoms with Crippen LogP contribution in [0, 0.1) is 0 Å². The van der Waals surface area contributed by atoms with Crippen LogP contribution in [0.2, 0.25) is 5.02 Å². The Morgan fingerprint density at radius 2 is 2.20 bits per heavy atom. The molecule has 1 aromatic heterocycles. The molecule has 0 spiro atoms. The van der Waals surface area contributed by atoms with E-state index in [1.165, 1.54) is 24.8 Å². The van der Waals surface area contributed by atoms with Crippen LogP contribution in [0.3, 0.4) is 0 Å². The van der Waals surface area contributed by atoms with Gasteiger partial charge in [-0.15, -0.1) is 11.6 Å². The van der Waals surface area contributed by atoms with E-state index in [1.54, 1.807) is 0 Å². The van der Waals surface area contributed by atoms with Gasteiger partial charge in [0.25, 0.3) is 0 Å². The van der Waals surface area contributed by atoms with Gasteiger partial charge in [-0.3, -0.25) is 0 Å². The van der Waals surface area contributed by atoms with Crippen molar-refractivity contribution in [2.75, 3.05) is 12.1 Å². The van der Waals surface area contributed by atoms with Crippen LogP contribution in [0.4, 0.5) is 0 Å². The van der Waals surface area contributed by atoms with Crippen LogP contribution >= 0.6 is 35.0 Å². The highest BCUT2D eigenvalue weighted by Crippen LogP contribution is 2.44. The Morgan fingerprint density at radius 3 is 2.80 bits per heavy atom. The summed E-state index contributed by atoms with van der Waals surface area (Å²) >= 11 is 14.0. The van der Waals surface area contributed by atoms with Crippen LogP contribution in [0.1, 0.15) is 25.1 Å². The summed E-state index contributed by atoms with van der Waals surface area (Å²) in [5.74, 6) is 1.68. The van der Waals surface area contributed by atoms with Gasteiger partial charge in [-0.2, -0.15) is 11.8 Å². The maximum absolute atomic E-state index is 6.08. The van der Waals surface area contributed by atoms with E-state index in [2.05, 4.69) is 16.9 Å². The molecule has 108 valence electrons. The van der Waals surface area contributed by atoms with Gasteiger partial charge in [0.05, 0.1) is 11.0 Å². The number of hydrogen-bond donors (Lipinski definition) is 0. The van der Waals surface area contributed by atoms with Gasteiger partial charge in [0, 0.05) is 28.6 Å². The number of thioether (sulfide) groups is 1. The number of benzene rings is 1. The van der Waals surface area contributed by atoms with Crippen molar-refractivity contribution in [2.45, 2.75) is 37.0 Å². The second-order valence-electron chi connectivity index (χ2n) is 5.43. The maximum atomic E-state index is 6.08. The number of halogens is 2. The summed E-state index contributed by atoms with van der Waals surface area (Å²) in [4.78, 5) is 4.72. The molecule has 1 saturated carbocycles. The number of hydrogen-bond acceptors (Lipinski definition) is 2. The van der Waals surface area contributed by atoms with Crippen LogP contribution in [-0.4, -0.2) is 26.4 Å². The first-order valence-electron chi connectivity index (χ1n) is 6.93. The van der Waals surface area contributed by atoms with Crippen molar-refractivity contribution in [2.24, 2.45) is 0 Å². The van der Waals surface area contributed by atoms with Crippen molar-refractivity contribution in [3.63, 3.8) is 0 Å². The van der Waals surface area contributed by atoms with Crippen molar-refractivity contribution in [1.29, 1.82) is 0 Å². The van der Waals surface area contributed by atoms with Crippen molar-refractivity contribution in [3.8, 4) is 0 Å². The highest BCUT2D eigenvalue weighted by molar-refractivity contribution is 8.00. The zero-order valence-corrected chi connectivity index (χ0v) is 13.9. The van der Waals surface area contributed by atoms with E-state index >= 15 is 0 Å². The Labute approximate surface area is 133 Å². The molecule has 3 rings (SSSR count). The molecule has 2 aromatic rings. The lowest BCUT2D eigenvalue weighted by atomic mass is 9.84. The molecule has 0 radical (unpaired) electrons. The SMILES string of the molecule is CSC1(Cn2c(CCCl)nc3cc(Cl)ccc32)CCC1. The number of rotatable bonds is 5. The van der Waals surface area contributed by atoms with E-state index in [1.807, 2.05) is 23.9 Å². The predicted molar refractivity (Wildman–Crippen MR) is 89.3 cm³/mol. The first-order valence-corrected chi connectivity index (χ1v) is 9.07. The molecule has 1 heterocycles. The molecule has 0 saturated heterocycles. The van der Waals surface area contributed by atoms with Crippen molar-refractivity contribution in [1.82, 2.24) is 9.55 Å². The number of imidazole rings is 1. The fraction of sp³-hybridized carbons (Fsp3) is 0.533. The average molecular weight is 329 g/mol. The van der Waals surface area contributed by atoms with Gasteiger partial charge in [0.1, 0.15) is 5.82 Å². The zero-order chi connectivity index (χ0) is 14.2. The van der Waals surface area contributed by atoms with Crippen molar-refractivity contribution < 1.29 is 0 Å². The summed E-state index contributed by atoms with van der Waals surface area (Å²) in [7, 11) is 0. The highest BCUT2D eigenvalue weighted by atomic mass is 35.5. The molecule has 0 aliphatic heterocycles. The van der Waals surface area contributed by atoms with Crippen LogP contribution in [0.5, 0.6) is 0 Å². The third kappa shape index (κ3) is 2.56.